The normalized spacial score (nSPS) is 14.9. The molecule has 0 unspecified atom stereocenters. The summed E-state index contributed by atoms with van der Waals surface area (Å²) in [5.41, 5.74) is 4.03. The summed E-state index contributed by atoms with van der Waals surface area (Å²) in [6.45, 7) is 11.6. The molecule has 30 heavy (non-hydrogen) atoms. The van der Waals surface area contributed by atoms with Crippen LogP contribution in [0, 0.1) is 0 Å². The van der Waals surface area contributed by atoms with Crippen molar-refractivity contribution in [2.75, 3.05) is 38.0 Å². The molecule has 1 heterocycles. The van der Waals surface area contributed by atoms with Crippen molar-refractivity contribution in [3.05, 3.63) is 65.2 Å². The van der Waals surface area contributed by atoms with Gasteiger partial charge in [0.05, 0.1) is 6.54 Å². The molecular weight excluding hydrogens is 374 g/mol. The lowest BCUT2D eigenvalue weighted by molar-refractivity contribution is -0.117. The monoisotopic (exact) mass is 407 g/mol. The molecule has 0 spiro atoms. The predicted octanol–water partition coefficient (Wildman–Crippen LogP) is 4.33. The summed E-state index contributed by atoms with van der Waals surface area (Å²) < 4.78 is 0. The number of benzene rings is 2. The van der Waals surface area contributed by atoms with Crippen LogP contribution in [0.2, 0.25) is 0 Å². The van der Waals surface area contributed by atoms with Crippen molar-refractivity contribution in [3.63, 3.8) is 0 Å². The second kappa shape index (κ2) is 9.90. The molecule has 0 saturated carbocycles. The van der Waals surface area contributed by atoms with Crippen molar-refractivity contribution < 1.29 is 9.59 Å². The molecule has 2 aromatic carbocycles. The Morgan fingerprint density at radius 2 is 1.40 bits per heavy atom. The van der Waals surface area contributed by atoms with E-state index in [0.717, 1.165) is 11.3 Å². The van der Waals surface area contributed by atoms with E-state index in [4.69, 9.17) is 0 Å². The molecule has 0 aromatic heterocycles. The third-order valence-corrected chi connectivity index (χ3v) is 5.68. The predicted molar refractivity (Wildman–Crippen MR) is 122 cm³/mol. The molecule has 1 N–H and O–H groups in total. The fourth-order valence-corrected chi connectivity index (χ4v) is 3.95. The molecule has 2 aromatic rings. The SMILES string of the molecule is CC(C)c1cccc(C(C)C)c1NC(=O)CN1CCN(C(=O)c2ccccc2)CC1. The topological polar surface area (TPSA) is 52.7 Å². The van der Waals surface area contributed by atoms with Gasteiger partial charge in [-0.2, -0.15) is 0 Å². The maximum atomic E-state index is 12.8. The van der Waals surface area contributed by atoms with Crippen LogP contribution in [-0.2, 0) is 4.79 Å². The van der Waals surface area contributed by atoms with Gasteiger partial charge in [0, 0.05) is 37.4 Å². The first-order valence-corrected chi connectivity index (χ1v) is 10.9. The number of carbonyl (C=O) groups is 2. The van der Waals surface area contributed by atoms with Crippen molar-refractivity contribution in [2.24, 2.45) is 0 Å². The quantitative estimate of drug-likeness (QED) is 0.775. The lowest BCUT2D eigenvalue weighted by atomic mass is 9.92. The van der Waals surface area contributed by atoms with E-state index in [1.54, 1.807) is 0 Å². The molecule has 1 saturated heterocycles. The molecule has 3 rings (SSSR count). The van der Waals surface area contributed by atoms with E-state index in [2.05, 4.69) is 56.1 Å². The molecule has 1 aliphatic rings. The number of piperazine rings is 1. The third-order valence-electron chi connectivity index (χ3n) is 5.68. The minimum absolute atomic E-state index is 0.00726. The highest BCUT2D eigenvalue weighted by atomic mass is 16.2. The Bertz CT molecular complexity index is 843. The molecule has 1 fully saturated rings. The smallest absolute Gasteiger partial charge is 0.253 e. The van der Waals surface area contributed by atoms with Crippen molar-refractivity contribution >= 4 is 17.5 Å². The third kappa shape index (κ3) is 5.28. The first-order chi connectivity index (χ1) is 14.4. The van der Waals surface area contributed by atoms with E-state index in [1.807, 2.05) is 35.2 Å². The lowest BCUT2D eigenvalue weighted by Crippen LogP contribution is -2.50. The highest BCUT2D eigenvalue weighted by Gasteiger charge is 2.24. The van der Waals surface area contributed by atoms with Crippen molar-refractivity contribution in [2.45, 2.75) is 39.5 Å². The summed E-state index contributed by atoms with van der Waals surface area (Å²) in [4.78, 5) is 29.4. The number of anilines is 1. The molecular formula is C25H33N3O2. The van der Waals surface area contributed by atoms with Gasteiger partial charge in [-0.1, -0.05) is 64.1 Å². The average molecular weight is 408 g/mol. The molecule has 2 amide bonds. The van der Waals surface area contributed by atoms with Crippen molar-refractivity contribution in [3.8, 4) is 0 Å². The molecule has 5 heteroatoms. The molecule has 0 bridgehead atoms. The van der Waals surface area contributed by atoms with Crippen LogP contribution in [0.25, 0.3) is 0 Å². The number of hydrogen-bond donors (Lipinski definition) is 1. The van der Waals surface area contributed by atoms with E-state index in [-0.39, 0.29) is 11.8 Å². The van der Waals surface area contributed by atoms with Crippen LogP contribution in [0.15, 0.2) is 48.5 Å². The fourth-order valence-electron chi connectivity index (χ4n) is 3.95. The Morgan fingerprint density at radius 3 is 1.93 bits per heavy atom. The minimum Gasteiger partial charge on any atom is -0.336 e. The Hall–Kier alpha value is -2.66. The van der Waals surface area contributed by atoms with E-state index >= 15 is 0 Å². The van der Waals surface area contributed by atoms with Gasteiger partial charge in [-0.25, -0.2) is 0 Å². The number of para-hydroxylation sites is 1. The van der Waals surface area contributed by atoms with Gasteiger partial charge in [-0.15, -0.1) is 0 Å². The zero-order valence-electron chi connectivity index (χ0n) is 18.5. The van der Waals surface area contributed by atoms with Crippen LogP contribution in [0.1, 0.15) is 61.0 Å². The Labute approximate surface area is 180 Å². The molecule has 5 nitrogen and oxygen atoms in total. The Morgan fingerprint density at radius 1 is 0.833 bits per heavy atom. The zero-order valence-corrected chi connectivity index (χ0v) is 18.5. The molecule has 1 aliphatic heterocycles. The summed E-state index contributed by atoms with van der Waals surface area (Å²) >= 11 is 0. The second-order valence-electron chi connectivity index (χ2n) is 8.60. The van der Waals surface area contributed by atoms with Gasteiger partial charge in [-0.05, 0) is 35.1 Å². The van der Waals surface area contributed by atoms with Gasteiger partial charge >= 0.3 is 0 Å². The van der Waals surface area contributed by atoms with Crippen molar-refractivity contribution in [1.82, 2.24) is 9.80 Å². The minimum atomic E-state index is 0.00726. The second-order valence-corrected chi connectivity index (χ2v) is 8.60. The summed E-state index contributed by atoms with van der Waals surface area (Å²) in [5.74, 6) is 0.748. The molecule has 0 aliphatic carbocycles. The van der Waals surface area contributed by atoms with Crippen LogP contribution >= 0.6 is 0 Å². The maximum Gasteiger partial charge on any atom is 0.253 e. The highest BCUT2D eigenvalue weighted by molar-refractivity contribution is 5.95. The number of nitrogens with zero attached hydrogens (tertiary/aromatic N) is 2. The van der Waals surface area contributed by atoms with Gasteiger partial charge in [0.25, 0.3) is 5.91 Å². The number of rotatable bonds is 6. The zero-order chi connectivity index (χ0) is 21.7. The fraction of sp³-hybridized carbons (Fsp3) is 0.440. The molecule has 160 valence electrons. The van der Waals surface area contributed by atoms with E-state index < -0.39 is 0 Å². The summed E-state index contributed by atoms with van der Waals surface area (Å²) in [6.07, 6.45) is 0. The lowest BCUT2D eigenvalue weighted by Gasteiger charge is -2.34. The number of hydrogen-bond acceptors (Lipinski definition) is 3. The van der Waals surface area contributed by atoms with Crippen LogP contribution in [-0.4, -0.2) is 54.3 Å². The van der Waals surface area contributed by atoms with Gasteiger partial charge in [-0.3, -0.25) is 14.5 Å². The Kier molecular flexibility index (Phi) is 7.27. The molecule has 0 atom stereocenters. The summed E-state index contributed by atoms with van der Waals surface area (Å²) in [7, 11) is 0. The van der Waals surface area contributed by atoms with Crippen LogP contribution in [0.4, 0.5) is 5.69 Å². The van der Waals surface area contributed by atoms with Gasteiger partial charge in [0.15, 0.2) is 0 Å². The highest BCUT2D eigenvalue weighted by Crippen LogP contribution is 2.32. The standard InChI is InChI=1S/C25H33N3O2/c1-18(2)21-11-8-12-22(19(3)4)24(21)26-23(29)17-27-13-15-28(16-14-27)25(30)20-9-6-5-7-10-20/h5-12,18-19H,13-17H2,1-4H3,(H,26,29). The molecule has 0 radical (unpaired) electrons. The number of amides is 2. The number of carbonyl (C=O) groups excluding carboxylic acids is 2. The summed E-state index contributed by atoms with van der Waals surface area (Å²) in [5, 5.41) is 3.19. The number of nitrogens with one attached hydrogen (secondary N) is 1. The van der Waals surface area contributed by atoms with Gasteiger partial charge < -0.3 is 10.2 Å². The van der Waals surface area contributed by atoms with E-state index in [9.17, 15) is 9.59 Å². The van der Waals surface area contributed by atoms with Gasteiger partial charge in [0.1, 0.15) is 0 Å². The van der Waals surface area contributed by atoms with E-state index in [1.165, 1.54) is 11.1 Å². The average Bonchev–Trinajstić information content (AvgIpc) is 2.74. The first-order valence-electron chi connectivity index (χ1n) is 10.9. The van der Waals surface area contributed by atoms with Gasteiger partial charge in [0.2, 0.25) is 5.91 Å². The van der Waals surface area contributed by atoms with E-state index in [0.29, 0.717) is 44.6 Å². The summed E-state index contributed by atoms with van der Waals surface area (Å²) in [6, 6.07) is 15.6. The van der Waals surface area contributed by atoms with Crippen LogP contribution in [0.3, 0.4) is 0 Å². The maximum absolute atomic E-state index is 12.8. The van der Waals surface area contributed by atoms with Crippen molar-refractivity contribution in [1.29, 1.82) is 0 Å². The van der Waals surface area contributed by atoms with Crippen LogP contribution in [0.5, 0.6) is 0 Å². The first kappa shape index (κ1) is 22.0. The Balaban J connectivity index is 1.59. The van der Waals surface area contributed by atoms with Crippen LogP contribution < -0.4 is 5.32 Å². The largest absolute Gasteiger partial charge is 0.336 e.